The first-order valence-corrected chi connectivity index (χ1v) is 13.0. The van der Waals surface area contributed by atoms with E-state index in [1.54, 1.807) is 11.0 Å². The predicted molar refractivity (Wildman–Crippen MR) is 144 cm³/mol. The topological polar surface area (TPSA) is 97.8 Å². The number of rotatable bonds is 7. The van der Waals surface area contributed by atoms with Crippen molar-refractivity contribution in [3.63, 3.8) is 0 Å². The maximum atomic E-state index is 13.3. The van der Waals surface area contributed by atoms with Gasteiger partial charge in [0.2, 0.25) is 5.91 Å². The highest BCUT2D eigenvalue weighted by molar-refractivity contribution is 7.80. The molecule has 4 heterocycles. The molecule has 0 unspecified atom stereocenters. The summed E-state index contributed by atoms with van der Waals surface area (Å²) in [6.07, 6.45) is 6.72. The molecule has 4 aromatic heterocycles. The Kier molecular flexibility index (Phi) is 5.47. The average Bonchev–Trinajstić information content (AvgIpc) is 3.74. The van der Waals surface area contributed by atoms with Crippen LogP contribution in [-0.2, 0) is 31.9 Å². The number of aryl methyl sites for hydroxylation is 4. The number of carbonyl (C=O) groups is 1. The molecule has 1 amide bonds. The lowest BCUT2D eigenvalue weighted by Crippen LogP contribution is -2.36. The van der Waals surface area contributed by atoms with Crippen LogP contribution in [0, 0.1) is 6.92 Å². The molecule has 0 aromatic carbocycles. The minimum absolute atomic E-state index is 0.231. The van der Waals surface area contributed by atoms with Crippen molar-refractivity contribution in [2.45, 2.75) is 64.6 Å². The van der Waals surface area contributed by atoms with Gasteiger partial charge in [0.15, 0.2) is 10.9 Å². The zero-order valence-corrected chi connectivity index (χ0v) is 21.9. The Morgan fingerprint density at radius 2 is 1.89 bits per heavy atom. The van der Waals surface area contributed by atoms with Gasteiger partial charge in [0, 0.05) is 49.9 Å². The van der Waals surface area contributed by atoms with Crippen molar-refractivity contribution in [2.24, 2.45) is 14.1 Å². The van der Waals surface area contributed by atoms with E-state index in [1.807, 2.05) is 31.7 Å². The summed E-state index contributed by atoms with van der Waals surface area (Å²) < 4.78 is 5.88. The number of pyridine rings is 1. The Morgan fingerprint density at radius 3 is 2.50 bits per heavy atom. The number of amides is 1. The number of nitrogens with one attached hydrogen (secondary N) is 2. The molecule has 6 rings (SSSR count). The Labute approximate surface area is 214 Å². The van der Waals surface area contributed by atoms with Gasteiger partial charge in [0.25, 0.3) is 0 Å². The maximum absolute atomic E-state index is 13.3. The molecule has 11 heteroatoms. The van der Waals surface area contributed by atoms with Crippen molar-refractivity contribution in [3.05, 3.63) is 29.8 Å². The second-order valence-electron chi connectivity index (χ2n) is 9.94. The van der Waals surface area contributed by atoms with Crippen LogP contribution in [0.3, 0.4) is 0 Å². The molecule has 2 saturated carbocycles. The Morgan fingerprint density at radius 1 is 1.17 bits per heavy atom. The summed E-state index contributed by atoms with van der Waals surface area (Å²) in [6, 6.07) is 4.93. The van der Waals surface area contributed by atoms with E-state index >= 15 is 0 Å². The zero-order chi connectivity index (χ0) is 25.1. The minimum atomic E-state index is 0.231. The van der Waals surface area contributed by atoms with E-state index in [0.717, 1.165) is 65.0 Å². The van der Waals surface area contributed by atoms with E-state index in [-0.39, 0.29) is 5.91 Å². The highest BCUT2D eigenvalue weighted by atomic mass is 32.1. The quantitative estimate of drug-likeness (QED) is 0.371. The van der Waals surface area contributed by atoms with Gasteiger partial charge in [-0.25, -0.2) is 9.97 Å². The minimum Gasteiger partial charge on any atom is -0.336 e. The van der Waals surface area contributed by atoms with Gasteiger partial charge in [-0.3, -0.25) is 9.48 Å². The van der Waals surface area contributed by atoms with Gasteiger partial charge in [-0.15, -0.1) is 0 Å². The molecular weight excluding hydrogens is 474 g/mol. The lowest BCUT2D eigenvalue weighted by atomic mass is 10.2. The fraction of sp³-hybridized carbons (Fsp3) is 0.480. The third-order valence-corrected chi connectivity index (χ3v) is 7.29. The predicted octanol–water partition coefficient (Wildman–Crippen LogP) is 3.49. The lowest BCUT2D eigenvalue weighted by molar-refractivity contribution is -0.131. The molecule has 4 aromatic rings. The third kappa shape index (κ3) is 4.01. The van der Waals surface area contributed by atoms with Crippen molar-refractivity contribution in [1.82, 2.24) is 33.8 Å². The highest BCUT2D eigenvalue weighted by Crippen LogP contribution is 2.38. The molecule has 0 bridgehead atoms. The molecule has 2 N–H and O–H groups in total. The Bertz CT molecular complexity index is 1490. The van der Waals surface area contributed by atoms with Gasteiger partial charge in [-0.1, -0.05) is 0 Å². The highest BCUT2D eigenvalue weighted by Gasteiger charge is 2.42. The third-order valence-electron chi connectivity index (χ3n) is 7.08. The van der Waals surface area contributed by atoms with E-state index in [4.69, 9.17) is 17.2 Å². The van der Waals surface area contributed by atoms with Crippen LogP contribution < -0.4 is 10.6 Å². The number of anilines is 2. The number of aromatic nitrogens is 6. The molecule has 0 aliphatic heterocycles. The van der Waals surface area contributed by atoms with Crippen molar-refractivity contribution in [1.29, 1.82) is 0 Å². The molecule has 2 fully saturated rings. The molecule has 36 heavy (non-hydrogen) atoms. The van der Waals surface area contributed by atoms with Crippen molar-refractivity contribution < 1.29 is 4.79 Å². The second-order valence-corrected chi connectivity index (χ2v) is 10.4. The van der Waals surface area contributed by atoms with Gasteiger partial charge >= 0.3 is 0 Å². The number of hydrogen-bond donors (Lipinski definition) is 2. The molecule has 2 aliphatic carbocycles. The average molecular weight is 506 g/mol. The zero-order valence-electron chi connectivity index (χ0n) is 21.1. The SMILES string of the molecule is CCn1c(CC(=O)N(C2CC2)C2CC2)cc2c3c(ncn3C)c(NC(=S)Nc3cc(C)nn3C)nc21. The number of fused-ring (bicyclic) bond motifs is 3. The van der Waals surface area contributed by atoms with Gasteiger partial charge < -0.3 is 24.7 Å². The summed E-state index contributed by atoms with van der Waals surface area (Å²) in [5.41, 5.74) is 4.41. The van der Waals surface area contributed by atoms with E-state index in [1.165, 1.54) is 0 Å². The van der Waals surface area contributed by atoms with Crippen LogP contribution in [0.5, 0.6) is 0 Å². The number of hydrogen-bond acceptors (Lipinski definition) is 5. The Balaban J connectivity index is 1.36. The molecule has 188 valence electrons. The van der Waals surface area contributed by atoms with Crippen molar-refractivity contribution >= 4 is 56.9 Å². The molecule has 0 atom stereocenters. The first kappa shape index (κ1) is 23.0. The largest absolute Gasteiger partial charge is 0.336 e. The lowest BCUT2D eigenvalue weighted by Gasteiger charge is -2.22. The summed E-state index contributed by atoms with van der Waals surface area (Å²) in [5, 5.41) is 12.2. The summed E-state index contributed by atoms with van der Waals surface area (Å²) in [4.78, 5) is 25.1. The number of thiocarbonyl (C=S) groups is 1. The van der Waals surface area contributed by atoms with Crippen LogP contribution in [0.1, 0.15) is 44.0 Å². The fourth-order valence-corrected chi connectivity index (χ4v) is 5.39. The molecule has 0 saturated heterocycles. The standard InChI is InChI=1S/C25H31N9OS/c1-5-33-17(12-20(35)34(15-6-7-15)16-8-9-16)11-18-22-21(26-13-31(22)3)23(28-24(18)33)29-25(36)27-19-10-14(2)30-32(19)4/h10-11,13,15-16H,5-9,12H2,1-4H3,(H2,27,28,29,36). The molecule has 0 spiro atoms. The normalized spacial score (nSPS) is 15.6. The Hall–Kier alpha value is -3.47. The van der Waals surface area contributed by atoms with Crippen LogP contribution in [0.25, 0.3) is 22.1 Å². The van der Waals surface area contributed by atoms with Crippen molar-refractivity contribution in [3.8, 4) is 0 Å². The summed E-state index contributed by atoms with van der Waals surface area (Å²) >= 11 is 5.60. The monoisotopic (exact) mass is 505 g/mol. The first-order chi connectivity index (χ1) is 17.3. The summed E-state index contributed by atoms with van der Waals surface area (Å²) in [5.74, 6) is 1.60. The first-order valence-electron chi connectivity index (χ1n) is 12.6. The molecule has 2 aliphatic rings. The molecular formula is C25H31N9OS. The molecule has 0 radical (unpaired) electrons. The van der Waals surface area contributed by atoms with Crippen LogP contribution in [0.2, 0.25) is 0 Å². The number of nitrogens with zero attached hydrogens (tertiary/aromatic N) is 7. The van der Waals surface area contributed by atoms with Crippen molar-refractivity contribution in [2.75, 3.05) is 10.6 Å². The van der Waals surface area contributed by atoms with E-state index < -0.39 is 0 Å². The molecule has 10 nitrogen and oxygen atoms in total. The van der Waals surface area contributed by atoms with E-state index in [9.17, 15) is 4.79 Å². The van der Waals surface area contributed by atoms with E-state index in [2.05, 4.69) is 43.2 Å². The van der Waals surface area contributed by atoms with E-state index in [0.29, 0.717) is 36.0 Å². The number of imidazole rings is 1. The van der Waals surface area contributed by atoms with Crippen LogP contribution in [0.15, 0.2) is 18.5 Å². The van der Waals surface area contributed by atoms with Gasteiger partial charge in [0.1, 0.15) is 17.0 Å². The van der Waals surface area contributed by atoms with Crippen LogP contribution in [-0.4, -0.2) is 56.9 Å². The van der Waals surface area contributed by atoms with Gasteiger partial charge in [-0.2, -0.15) is 5.10 Å². The summed E-state index contributed by atoms with van der Waals surface area (Å²) in [7, 11) is 3.84. The summed E-state index contributed by atoms with van der Waals surface area (Å²) in [6.45, 7) is 4.74. The van der Waals surface area contributed by atoms with Gasteiger partial charge in [0.05, 0.1) is 24.0 Å². The maximum Gasteiger partial charge on any atom is 0.229 e. The second kappa shape index (κ2) is 8.58. The number of carbonyl (C=O) groups excluding carboxylic acids is 1. The fourth-order valence-electron chi connectivity index (χ4n) is 5.19. The van der Waals surface area contributed by atoms with Gasteiger partial charge in [-0.05, 0) is 57.8 Å². The smallest absolute Gasteiger partial charge is 0.229 e. The van der Waals surface area contributed by atoms with Crippen LogP contribution >= 0.6 is 12.2 Å². The van der Waals surface area contributed by atoms with Crippen LogP contribution in [0.4, 0.5) is 11.6 Å².